The van der Waals surface area contributed by atoms with E-state index < -0.39 is 41.7 Å². The molecule has 0 radical (unpaired) electrons. The topological polar surface area (TPSA) is 105 Å². The Balaban J connectivity index is 1.12. The van der Waals surface area contributed by atoms with Crippen LogP contribution in [0, 0.1) is 11.8 Å². The van der Waals surface area contributed by atoms with Gasteiger partial charge in [-0.1, -0.05) is 111 Å². The molecule has 2 aliphatic heterocycles. The summed E-state index contributed by atoms with van der Waals surface area (Å²) >= 11 is 6.48. The van der Waals surface area contributed by atoms with Gasteiger partial charge in [-0.25, -0.2) is 13.1 Å². The summed E-state index contributed by atoms with van der Waals surface area (Å²) in [6.07, 6.45) is 8.32. The number of anilines is 1. The lowest BCUT2D eigenvalue weighted by Gasteiger charge is -2.45. The van der Waals surface area contributed by atoms with Gasteiger partial charge in [-0.05, 0) is 127 Å². The van der Waals surface area contributed by atoms with Crippen molar-refractivity contribution >= 4 is 51.9 Å². The fraction of sp³-hybridized carbons (Fsp3) is 0.449. The van der Waals surface area contributed by atoms with E-state index in [-0.39, 0.29) is 40.7 Å². The molecule has 11 heteroatoms. The van der Waals surface area contributed by atoms with Crippen LogP contribution in [0.4, 0.5) is 5.69 Å². The molecule has 6 atom stereocenters. The van der Waals surface area contributed by atoms with Crippen molar-refractivity contribution in [2.45, 2.75) is 107 Å². The highest BCUT2D eigenvalue weighted by atomic mass is 35.5. The molecule has 2 heterocycles. The van der Waals surface area contributed by atoms with Crippen LogP contribution in [0.1, 0.15) is 94.1 Å². The van der Waals surface area contributed by atoms with Gasteiger partial charge in [0.1, 0.15) is 5.75 Å². The molecule has 0 saturated heterocycles. The normalized spacial score (nSPS) is 26.6. The molecular weight excluding hydrogens is 808 g/mol. The van der Waals surface area contributed by atoms with E-state index >= 15 is 0 Å². The maximum absolute atomic E-state index is 14.5. The van der Waals surface area contributed by atoms with Gasteiger partial charge in [0, 0.05) is 35.2 Å². The van der Waals surface area contributed by atoms with Crippen LogP contribution in [0.5, 0.6) is 5.75 Å². The monoisotopic (exact) mass is 866 g/mol. The van der Waals surface area contributed by atoms with Crippen molar-refractivity contribution < 1.29 is 27.5 Å². The average Bonchev–Trinajstić information content (AvgIpc) is 3.35. The molecule has 2 aliphatic carbocycles. The Hall–Kier alpha value is -3.93. The maximum Gasteiger partial charge on any atom is 0.264 e. The molecule has 4 aromatic rings. The zero-order chi connectivity index (χ0) is 42.3. The number of aliphatic hydroxyl groups is 1. The van der Waals surface area contributed by atoms with E-state index in [9.17, 15) is 18.3 Å². The van der Waals surface area contributed by atoms with Crippen LogP contribution in [0.2, 0.25) is 10.1 Å². The van der Waals surface area contributed by atoms with E-state index in [0.29, 0.717) is 31.9 Å². The zero-order valence-corrected chi connectivity index (χ0v) is 37.9. The largest absolute Gasteiger partial charge is 0.490 e. The van der Waals surface area contributed by atoms with Crippen LogP contribution < -0.4 is 24.7 Å². The second-order valence-corrected chi connectivity index (χ2v) is 25.4. The number of carbonyl (C=O) groups is 1. The molecule has 1 saturated carbocycles. The summed E-state index contributed by atoms with van der Waals surface area (Å²) < 4.78 is 45.5. The lowest BCUT2D eigenvalue weighted by molar-refractivity contribution is 0.0456. The van der Waals surface area contributed by atoms with E-state index in [1.54, 1.807) is 12.1 Å². The van der Waals surface area contributed by atoms with Crippen LogP contribution in [-0.4, -0.2) is 64.9 Å². The average molecular weight is 868 g/mol. The third kappa shape index (κ3) is 8.35. The van der Waals surface area contributed by atoms with Crippen LogP contribution in [0.3, 0.4) is 0 Å². The van der Waals surface area contributed by atoms with E-state index in [4.69, 9.17) is 20.8 Å². The predicted octanol–water partition coefficient (Wildman–Crippen LogP) is 8.33. The summed E-state index contributed by atoms with van der Waals surface area (Å²) in [5, 5.41) is 13.3. The summed E-state index contributed by atoms with van der Waals surface area (Å²) in [5.41, 5.74) is 3.21. The Kier molecular flexibility index (Phi) is 12.2. The van der Waals surface area contributed by atoms with Gasteiger partial charge in [0.15, 0.2) is 0 Å². The number of halogens is 1. The molecule has 2 bridgehead atoms. The van der Waals surface area contributed by atoms with Gasteiger partial charge in [-0.15, -0.1) is 0 Å². The van der Waals surface area contributed by atoms with Crippen LogP contribution in [-0.2, 0) is 26.3 Å². The van der Waals surface area contributed by atoms with Crippen molar-refractivity contribution in [2.75, 3.05) is 24.6 Å². The molecule has 318 valence electrons. The van der Waals surface area contributed by atoms with E-state index in [1.165, 1.54) is 11.1 Å². The molecule has 4 aromatic carbocycles. The minimum atomic E-state index is -4.20. The van der Waals surface area contributed by atoms with E-state index in [0.717, 1.165) is 53.2 Å². The molecule has 1 spiro atoms. The van der Waals surface area contributed by atoms with Crippen molar-refractivity contribution in [2.24, 2.45) is 11.8 Å². The predicted molar refractivity (Wildman–Crippen MR) is 244 cm³/mol. The Bertz CT molecular complexity index is 2280. The zero-order valence-electron chi connectivity index (χ0n) is 35.3. The molecule has 8 nitrogen and oxygen atoms in total. The molecule has 60 heavy (non-hydrogen) atoms. The van der Waals surface area contributed by atoms with Crippen LogP contribution in [0.25, 0.3) is 0 Å². The molecule has 4 aliphatic rings. The minimum Gasteiger partial charge on any atom is -0.490 e. The number of hydrogen-bond donors (Lipinski definition) is 2. The number of nitrogens with one attached hydrogen (secondary N) is 1. The van der Waals surface area contributed by atoms with Gasteiger partial charge in [0.2, 0.25) is 10.0 Å². The van der Waals surface area contributed by atoms with Gasteiger partial charge in [-0.3, -0.25) is 4.79 Å². The van der Waals surface area contributed by atoms with Crippen molar-refractivity contribution in [3.05, 3.63) is 131 Å². The Morgan fingerprint density at radius 2 is 1.70 bits per heavy atom. The first-order chi connectivity index (χ1) is 28.7. The standard InChI is InChI=1S/C49H59ClN2O6SSi/c1-34(58-60(48(2,3)4,40-16-7-5-8-17-40)41-18-9-6-10-19-41)28-39-15-11-12-20-45(53)42-24-21-37(42)31-52-32-49(27-13-14-35-29-38(50)23-25-43(35)49)33-57-46-26-22-36(30-44(46)52)47(54)51-59(39,55)56/h5-10,12,16-20,22-23,25-26,29-30,34,37,39,42,45,53H,11,13-15,21,24,27-28,31-33H2,1-4H3,(H,51,54)/b20-12+/t34-,37+,39-,42-,45+,49+/m1/s1. The number of ether oxygens (including phenoxy) is 1. The van der Waals surface area contributed by atoms with Crippen molar-refractivity contribution in [3.63, 3.8) is 0 Å². The number of carbonyl (C=O) groups excluding carboxylic acids is 1. The van der Waals surface area contributed by atoms with Gasteiger partial charge in [0.05, 0.1) is 23.6 Å². The number of rotatable bonds is 6. The number of allylic oxidation sites excluding steroid dienone is 1. The highest BCUT2D eigenvalue weighted by Crippen LogP contribution is 2.47. The van der Waals surface area contributed by atoms with Gasteiger partial charge < -0.3 is 19.2 Å². The third-order valence-electron chi connectivity index (χ3n) is 13.7. The van der Waals surface area contributed by atoms with Crippen molar-refractivity contribution in [1.29, 1.82) is 0 Å². The lowest BCUT2D eigenvalue weighted by atomic mass is 9.68. The second-order valence-electron chi connectivity index (χ2n) is 18.7. The summed E-state index contributed by atoms with van der Waals surface area (Å²) in [5.74, 6) is 0.302. The Morgan fingerprint density at radius 1 is 0.983 bits per heavy atom. The number of benzene rings is 4. The summed E-state index contributed by atoms with van der Waals surface area (Å²) in [6.45, 7) is 10.4. The first-order valence-electron chi connectivity index (χ1n) is 21.7. The molecule has 0 unspecified atom stereocenters. The fourth-order valence-electron chi connectivity index (χ4n) is 10.6. The van der Waals surface area contributed by atoms with Crippen molar-refractivity contribution in [3.8, 4) is 5.75 Å². The van der Waals surface area contributed by atoms with Crippen molar-refractivity contribution in [1.82, 2.24) is 4.72 Å². The third-order valence-corrected chi connectivity index (χ3v) is 20.9. The van der Waals surface area contributed by atoms with Gasteiger partial charge in [0.25, 0.3) is 14.2 Å². The number of sulfonamides is 1. The molecular formula is C49H59ClN2O6SSi. The number of nitrogens with zero attached hydrogens (tertiary/aromatic N) is 1. The quantitative estimate of drug-likeness (QED) is 0.148. The first-order valence-corrected chi connectivity index (χ1v) is 25.5. The van der Waals surface area contributed by atoms with Gasteiger partial charge >= 0.3 is 0 Å². The molecule has 0 aromatic heterocycles. The molecule has 2 N–H and O–H groups in total. The SMILES string of the molecule is C[C@H](C[C@H]1CC/C=C/[C@H](O)[C@@H]2CC[C@H]2CN2C[C@@]3(CCCc4cc(Cl)ccc43)COc3ccc(cc32)C(=O)NS1(=O)=O)O[Si](c1ccccc1)(c1ccccc1)C(C)(C)C. The van der Waals surface area contributed by atoms with E-state index in [1.807, 2.05) is 67.6 Å². The summed E-state index contributed by atoms with van der Waals surface area (Å²) in [6, 6.07) is 32.1. The number of aryl methyl sites for hydroxylation is 1. The number of fused-ring (bicyclic) bond motifs is 4. The second kappa shape index (κ2) is 17.1. The number of hydrogen-bond acceptors (Lipinski definition) is 7. The summed E-state index contributed by atoms with van der Waals surface area (Å²) in [7, 11) is -7.20. The molecule has 1 amide bonds. The first kappa shape index (κ1) is 42.7. The highest BCUT2D eigenvalue weighted by Gasteiger charge is 2.51. The van der Waals surface area contributed by atoms with Crippen LogP contribution in [0.15, 0.2) is 109 Å². The maximum atomic E-state index is 14.5. The van der Waals surface area contributed by atoms with Crippen LogP contribution >= 0.6 is 11.6 Å². The number of amides is 1. The number of aliphatic hydroxyl groups excluding tert-OH is 1. The van der Waals surface area contributed by atoms with Gasteiger partial charge in [-0.2, -0.15) is 0 Å². The minimum absolute atomic E-state index is 0.0704. The summed E-state index contributed by atoms with van der Waals surface area (Å²) in [4.78, 5) is 16.5. The molecule has 1 fully saturated rings. The molecule has 8 rings (SSSR count). The highest BCUT2D eigenvalue weighted by molar-refractivity contribution is 7.90. The Morgan fingerprint density at radius 3 is 2.37 bits per heavy atom. The Labute approximate surface area is 362 Å². The fourth-order valence-corrected chi connectivity index (χ4v) is 17.0. The smallest absolute Gasteiger partial charge is 0.264 e. The van der Waals surface area contributed by atoms with E-state index in [2.05, 4.69) is 66.8 Å². The lowest BCUT2D eigenvalue weighted by Crippen LogP contribution is -2.67.